The highest BCUT2D eigenvalue weighted by Gasteiger charge is 2.24. The van der Waals surface area contributed by atoms with Gasteiger partial charge in [-0.05, 0) is 24.3 Å². The maximum atomic E-state index is 12.2. The van der Waals surface area contributed by atoms with Gasteiger partial charge in [-0.15, -0.1) is 0 Å². The van der Waals surface area contributed by atoms with Crippen molar-refractivity contribution in [1.82, 2.24) is 0 Å². The van der Waals surface area contributed by atoms with Gasteiger partial charge in [0, 0.05) is 0 Å². The lowest BCUT2D eigenvalue weighted by molar-refractivity contribution is -1.01. The number of para-hydroxylation sites is 2. The van der Waals surface area contributed by atoms with E-state index >= 15 is 0 Å². The summed E-state index contributed by atoms with van der Waals surface area (Å²) in [6.45, 7) is 6.32. The predicted molar refractivity (Wildman–Crippen MR) is 103 cm³/mol. The molecule has 0 aromatic heterocycles. The van der Waals surface area contributed by atoms with Gasteiger partial charge >= 0.3 is 0 Å². The summed E-state index contributed by atoms with van der Waals surface area (Å²) < 4.78 is 5.77. The fraction of sp³-hybridized carbons (Fsp3) is 0.350. The van der Waals surface area contributed by atoms with Crippen LogP contribution in [0, 0.1) is 0 Å². The molecule has 1 fully saturated rings. The molecule has 5 nitrogen and oxygen atoms in total. The normalized spacial score (nSPS) is 19.7. The van der Waals surface area contributed by atoms with Gasteiger partial charge in [0.1, 0.15) is 45.1 Å². The Balaban J connectivity index is 1.34. The standard InChI is InChI=1S/C20H24ClN3O2/c21-18-8-4-5-9-19(18)22-20(25)16-24-12-10-23(11-13-24)14-15-26-17-6-2-1-3-7-17/h1-9H,10-16H2,(H,22,25)/p+2. The third-order valence-corrected chi connectivity index (χ3v) is 5.02. The maximum absolute atomic E-state index is 12.2. The van der Waals surface area contributed by atoms with E-state index in [-0.39, 0.29) is 5.91 Å². The van der Waals surface area contributed by atoms with E-state index in [4.69, 9.17) is 16.3 Å². The molecule has 0 spiro atoms. The monoisotopic (exact) mass is 375 g/mol. The number of carbonyl (C=O) groups excluding carboxylic acids is 1. The SMILES string of the molecule is O=C(C[NH+]1CC[NH+](CCOc2ccccc2)CC1)Nc1ccccc1Cl. The molecule has 0 saturated carbocycles. The fourth-order valence-corrected chi connectivity index (χ4v) is 3.38. The summed E-state index contributed by atoms with van der Waals surface area (Å²) in [5, 5.41) is 3.48. The van der Waals surface area contributed by atoms with Gasteiger partial charge in [-0.25, -0.2) is 0 Å². The lowest BCUT2D eigenvalue weighted by Gasteiger charge is -2.29. The minimum Gasteiger partial charge on any atom is -0.488 e. The average Bonchev–Trinajstić information content (AvgIpc) is 2.66. The Bertz CT molecular complexity index is 703. The molecule has 1 saturated heterocycles. The minimum atomic E-state index is 0.0176. The van der Waals surface area contributed by atoms with Crippen LogP contribution in [-0.4, -0.2) is 51.8 Å². The fourth-order valence-electron chi connectivity index (χ4n) is 3.20. The number of nitrogens with one attached hydrogen (secondary N) is 3. The van der Waals surface area contributed by atoms with Crippen LogP contribution in [0.2, 0.25) is 5.02 Å². The number of halogens is 1. The number of hydrogen-bond acceptors (Lipinski definition) is 2. The van der Waals surface area contributed by atoms with E-state index in [9.17, 15) is 4.79 Å². The molecule has 0 radical (unpaired) electrons. The average molecular weight is 376 g/mol. The Morgan fingerprint density at radius 2 is 1.62 bits per heavy atom. The number of ether oxygens (including phenoxy) is 1. The van der Waals surface area contributed by atoms with Crippen molar-refractivity contribution < 1.29 is 19.3 Å². The summed E-state index contributed by atoms with van der Waals surface area (Å²) in [6.07, 6.45) is 0. The number of carbonyl (C=O) groups is 1. The van der Waals surface area contributed by atoms with Gasteiger partial charge < -0.3 is 19.9 Å². The van der Waals surface area contributed by atoms with Crippen LogP contribution in [0.1, 0.15) is 0 Å². The summed E-state index contributed by atoms with van der Waals surface area (Å²) in [6, 6.07) is 17.2. The number of anilines is 1. The molecule has 138 valence electrons. The molecule has 3 N–H and O–H groups in total. The highest BCUT2D eigenvalue weighted by molar-refractivity contribution is 6.33. The van der Waals surface area contributed by atoms with Crippen LogP contribution in [0.5, 0.6) is 5.75 Å². The van der Waals surface area contributed by atoms with Crippen molar-refractivity contribution in [3.05, 3.63) is 59.6 Å². The van der Waals surface area contributed by atoms with Gasteiger partial charge in [0.15, 0.2) is 6.54 Å². The molecular weight excluding hydrogens is 350 g/mol. The number of hydrogen-bond donors (Lipinski definition) is 3. The van der Waals surface area contributed by atoms with E-state index in [0.29, 0.717) is 17.3 Å². The zero-order valence-corrected chi connectivity index (χ0v) is 15.6. The van der Waals surface area contributed by atoms with E-state index < -0.39 is 0 Å². The van der Waals surface area contributed by atoms with Gasteiger partial charge in [0.2, 0.25) is 0 Å². The van der Waals surface area contributed by atoms with Crippen molar-refractivity contribution in [2.75, 3.05) is 51.2 Å². The van der Waals surface area contributed by atoms with E-state index in [2.05, 4.69) is 5.32 Å². The number of piperazine rings is 1. The highest BCUT2D eigenvalue weighted by Crippen LogP contribution is 2.19. The maximum Gasteiger partial charge on any atom is 0.279 e. The van der Waals surface area contributed by atoms with Gasteiger partial charge in [0.05, 0.1) is 10.7 Å². The molecule has 6 heteroatoms. The first-order valence-corrected chi connectivity index (χ1v) is 9.48. The lowest BCUT2D eigenvalue weighted by atomic mass is 10.3. The summed E-state index contributed by atoms with van der Waals surface area (Å²) in [5.41, 5.74) is 0.681. The molecule has 2 aromatic rings. The second kappa shape index (κ2) is 9.57. The number of rotatable bonds is 7. The summed E-state index contributed by atoms with van der Waals surface area (Å²) in [7, 11) is 0. The van der Waals surface area contributed by atoms with E-state index in [1.807, 2.05) is 48.5 Å². The van der Waals surface area contributed by atoms with Crippen LogP contribution in [0.4, 0.5) is 5.69 Å². The van der Waals surface area contributed by atoms with Crippen molar-refractivity contribution in [2.45, 2.75) is 0 Å². The largest absolute Gasteiger partial charge is 0.488 e. The Kier molecular flexibility index (Phi) is 6.89. The third-order valence-electron chi connectivity index (χ3n) is 4.69. The van der Waals surface area contributed by atoms with Crippen molar-refractivity contribution in [2.24, 2.45) is 0 Å². The summed E-state index contributed by atoms with van der Waals surface area (Å²) in [5.74, 6) is 0.941. The topological polar surface area (TPSA) is 47.2 Å². The molecule has 1 aliphatic heterocycles. The Morgan fingerprint density at radius 3 is 2.35 bits per heavy atom. The van der Waals surface area contributed by atoms with Crippen molar-refractivity contribution in [1.29, 1.82) is 0 Å². The third kappa shape index (κ3) is 5.73. The van der Waals surface area contributed by atoms with Gasteiger partial charge in [0.25, 0.3) is 5.91 Å². The molecule has 3 rings (SSSR count). The molecule has 0 atom stereocenters. The molecule has 1 amide bonds. The number of benzene rings is 2. The molecule has 0 bridgehead atoms. The van der Waals surface area contributed by atoms with Crippen molar-refractivity contribution in [3.8, 4) is 5.75 Å². The van der Waals surface area contributed by atoms with E-state index in [1.54, 1.807) is 6.07 Å². The number of amides is 1. The Hall–Kier alpha value is -2.08. The first kappa shape index (κ1) is 18.7. The Labute approximate surface area is 159 Å². The molecule has 2 aromatic carbocycles. The molecule has 1 heterocycles. The van der Waals surface area contributed by atoms with Crippen LogP contribution in [0.15, 0.2) is 54.6 Å². The molecule has 0 aliphatic carbocycles. The smallest absolute Gasteiger partial charge is 0.279 e. The quantitative estimate of drug-likeness (QED) is 0.645. The van der Waals surface area contributed by atoms with Crippen LogP contribution in [0.25, 0.3) is 0 Å². The van der Waals surface area contributed by atoms with Crippen LogP contribution in [0.3, 0.4) is 0 Å². The zero-order chi connectivity index (χ0) is 18.2. The second-order valence-corrected chi connectivity index (χ2v) is 7.02. The second-order valence-electron chi connectivity index (χ2n) is 6.62. The highest BCUT2D eigenvalue weighted by atomic mass is 35.5. The Morgan fingerprint density at radius 1 is 0.962 bits per heavy atom. The molecule has 26 heavy (non-hydrogen) atoms. The van der Waals surface area contributed by atoms with E-state index in [0.717, 1.165) is 45.1 Å². The predicted octanol–water partition coefficient (Wildman–Crippen LogP) is 0.141. The molecule has 0 unspecified atom stereocenters. The van der Waals surface area contributed by atoms with Crippen molar-refractivity contribution in [3.63, 3.8) is 0 Å². The first-order valence-electron chi connectivity index (χ1n) is 9.10. The van der Waals surface area contributed by atoms with Gasteiger partial charge in [-0.3, -0.25) is 4.79 Å². The number of quaternary nitrogens is 2. The van der Waals surface area contributed by atoms with Crippen LogP contribution >= 0.6 is 11.6 Å². The van der Waals surface area contributed by atoms with Crippen molar-refractivity contribution >= 4 is 23.2 Å². The van der Waals surface area contributed by atoms with Crippen LogP contribution < -0.4 is 19.9 Å². The minimum absolute atomic E-state index is 0.0176. The zero-order valence-electron chi connectivity index (χ0n) is 14.8. The summed E-state index contributed by atoms with van der Waals surface area (Å²) >= 11 is 6.09. The molecule has 1 aliphatic rings. The van der Waals surface area contributed by atoms with Gasteiger partial charge in [-0.1, -0.05) is 41.9 Å². The van der Waals surface area contributed by atoms with E-state index in [1.165, 1.54) is 9.80 Å². The van der Waals surface area contributed by atoms with Gasteiger partial charge in [-0.2, -0.15) is 0 Å². The lowest BCUT2D eigenvalue weighted by Crippen LogP contribution is -3.28. The first-order chi connectivity index (χ1) is 12.7. The molecular formula is C20H26ClN3O2+2. The van der Waals surface area contributed by atoms with Crippen LogP contribution in [-0.2, 0) is 4.79 Å². The summed E-state index contributed by atoms with van der Waals surface area (Å²) in [4.78, 5) is 15.1.